The van der Waals surface area contributed by atoms with E-state index in [9.17, 15) is 10.2 Å². The van der Waals surface area contributed by atoms with Crippen LogP contribution in [-0.4, -0.2) is 22.4 Å². The summed E-state index contributed by atoms with van der Waals surface area (Å²) >= 11 is 0. The highest BCUT2D eigenvalue weighted by molar-refractivity contribution is 4.98. The molecule has 0 radical (unpaired) electrons. The minimum absolute atomic E-state index is 0.0444. The largest absolute Gasteiger partial charge is 0.392 e. The highest BCUT2D eigenvalue weighted by Crippen LogP contribution is 2.29. The molecular formula is C9H17NO2. The first-order valence-electron chi connectivity index (χ1n) is 4.09. The summed E-state index contributed by atoms with van der Waals surface area (Å²) < 4.78 is 0. The highest BCUT2D eigenvalue weighted by atomic mass is 16.3. The van der Waals surface area contributed by atoms with Gasteiger partial charge in [0.2, 0.25) is 0 Å². The van der Waals surface area contributed by atoms with Gasteiger partial charge in [-0.3, -0.25) is 0 Å². The van der Waals surface area contributed by atoms with Gasteiger partial charge in [-0.05, 0) is 5.92 Å². The average molecular weight is 171 g/mol. The van der Waals surface area contributed by atoms with E-state index in [2.05, 4.69) is 0 Å². The van der Waals surface area contributed by atoms with Crippen LogP contribution in [0.25, 0.3) is 0 Å². The van der Waals surface area contributed by atoms with Crippen LogP contribution in [0.15, 0.2) is 0 Å². The molecule has 70 valence electrons. The van der Waals surface area contributed by atoms with Gasteiger partial charge in [0.25, 0.3) is 0 Å². The number of aliphatic hydroxyl groups excluding tert-OH is 2. The van der Waals surface area contributed by atoms with Crippen LogP contribution >= 0.6 is 0 Å². The number of rotatable bonds is 3. The second-order valence-electron chi connectivity index (χ2n) is 4.04. The van der Waals surface area contributed by atoms with Gasteiger partial charge >= 0.3 is 0 Å². The van der Waals surface area contributed by atoms with Crippen LogP contribution in [0.5, 0.6) is 0 Å². The van der Waals surface area contributed by atoms with Crippen molar-refractivity contribution in [2.24, 2.45) is 11.3 Å². The lowest BCUT2D eigenvalue weighted by molar-refractivity contribution is -0.0459. The zero-order chi connectivity index (χ0) is 9.94. The molecule has 0 rings (SSSR count). The summed E-state index contributed by atoms with van der Waals surface area (Å²) in [5.41, 5.74) is -0.761. The molecule has 0 unspecified atom stereocenters. The van der Waals surface area contributed by atoms with Gasteiger partial charge in [0.1, 0.15) is 6.10 Å². The molecule has 0 aliphatic heterocycles. The minimum atomic E-state index is -1.12. The SMILES string of the molecule is CC(C)[C@@H](O)C(C)(C)[C@H](O)C#N. The van der Waals surface area contributed by atoms with Gasteiger partial charge in [-0.2, -0.15) is 5.26 Å². The molecule has 0 bridgehead atoms. The van der Waals surface area contributed by atoms with E-state index in [0.29, 0.717) is 0 Å². The molecule has 2 atom stereocenters. The fraction of sp³-hybridized carbons (Fsp3) is 0.889. The van der Waals surface area contributed by atoms with Crippen molar-refractivity contribution in [1.82, 2.24) is 0 Å². The lowest BCUT2D eigenvalue weighted by atomic mass is 9.77. The maximum absolute atomic E-state index is 9.64. The van der Waals surface area contributed by atoms with Crippen molar-refractivity contribution in [3.63, 3.8) is 0 Å². The van der Waals surface area contributed by atoms with Crippen molar-refractivity contribution in [1.29, 1.82) is 5.26 Å². The Morgan fingerprint density at radius 2 is 1.67 bits per heavy atom. The third kappa shape index (κ3) is 2.20. The van der Waals surface area contributed by atoms with E-state index >= 15 is 0 Å². The smallest absolute Gasteiger partial charge is 0.148 e. The van der Waals surface area contributed by atoms with Crippen LogP contribution < -0.4 is 0 Å². The molecule has 0 aromatic carbocycles. The number of aliphatic hydroxyl groups is 2. The van der Waals surface area contributed by atoms with Gasteiger partial charge in [0.05, 0.1) is 12.2 Å². The van der Waals surface area contributed by atoms with E-state index in [1.165, 1.54) is 0 Å². The Morgan fingerprint density at radius 3 is 1.92 bits per heavy atom. The monoisotopic (exact) mass is 171 g/mol. The summed E-state index contributed by atoms with van der Waals surface area (Å²) in [6.45, 7) is 7.09. The first-order chi connectivity index (χ1) is 5.34. The molecular weight excluding hydrogens is 154 g/mol. The molecule has 0 saturated carbocycles. The van der Waals surface area contributed by atoms with Gasteiger partial charge in [0, 0.05) is 5.41 Å². The van der Waals surface area contributed by atoms with Gasteiger partial charge < -0.3 is 10.2 Å². The van der Waals surface area contributed by atoms with E-state index in [1.54, 1.807) is 19.9 Å². The van der Waals surface area contributed by atoms with Crippen molar-refractivity contribution in [3.8, 4) is 6.07 Å². The molecule has 0 spiro atoms. The Labute approximate surface area is 73.6 Å². The highest BCUT2D eigenvalue weighted by Gasteiger charge is 2.37. The van der Waals surface area contributed by atoms with Crippen molar-refractivity contribution >= 4 is 0 Å². The number of hydrogen-bond donors (Lipinski definition) is 2. The normalized spacial score (nSPS) is 17.2. The molecule has 3 heteroatoms. The fourth-order valence-corrected chi connectivity index (χ4v) is 1.19. The molecule has 12 heavy (non-hydrogen) atoms. The van der Waals surface area contributed by atoms with E-state index in [4.69, 9.17) is 5.26 Å². The summed E-state index contributed by atoms with van der Waals surface area (Å²) in [4.78, 5) is 0. The third-order valence-corrected chi connectivity index (χ3v) is 2.22. The van der Waals surface area contributed by atoms with E-state index < -0.39 is 17.6 Å². The Hall–Kier alpha value is -0.590. The molecule has 0 fully saturated rings. The van der Waals surface area contributed by atoms with Gasteiger partial charge in [-0.15, -0.1) is 0 Å². The van der Waals surface area contributed by atoms with Gasteiger partial charge in [-0.25, -0.2) is 0 Å². The Kier molecular flexibility index (Phi) is 3.69. The summed E-state index contributed by atoms with van der Waals surface area (Å²) in [7, 11) is 0. The lowest BCUT2D eigenvalue weighted by Gasteiger charge is -2.34. The third-order valence-electron chi connectivity index (χ3n) is 2.22. The van der Waals surface area contributed by atoms with Crippen LogP contribution in [0.2, 0.25) is 0 Å². The molecule has 0 aliphatic carbocycles. The van der Waals surface area contributed by atoms with Crippen molar-refractivity contribution in [2.75, 3.05) is 0 Å². The first kappa shape index (κ1) is 11.4. The van der Waals surface area contributed by atoms with E-state index in [1.807, 2.05) is 13.8 Å². The molecule has 2 N–H and O–H groups in total. The molecule has 0 amide bonds. The summed E-state index contributed by atoms with van der Waals surface area (Å²) in [5, 5.41) is 27.4. The molecule has 0 aliphatic rings. The number of hydrogen-bond acceptors (Lipinski definition) is 3. The van der Waals surface area contributed by atoms with Crippen LogP contribution in [0.3, 0.4) is 0 Å². The Balaban J connectivity index is 4.51. The van der Waals surface area contributed by atoms with Crippen molar-refractivity contribution < 1.29 is 10.2 Å². The predicted molar refractivity (Wildman–Crippen MR) is 46.2 cm³/mol. The molecule has 0 aromatic heterocycles. The quantitative estimate of drug-likeness (QED) is 0.620. The van der Waals surface area contributed by atoms with Gasteiger partial charge in [0.15, 0.2) is 0 Å². The molecule has 3 nitrogen and oxygen atoms in total. The van der Waals surface area contributed by atoms with Crippen molar-refractivity contribution in [2.45, 2.75) is 39.9 Å². The maximum atomic E-state index is 9.64. The Bertz CT molecular complexity index is 181. The van der Waals surface area contributed by atoms with E-state index in [0.717, 1.165) is 0 Å². The van der Waals surface area contributed by atoms with Crippen LogP contribution in [-0.2, 0) is 0 Å². The van der Waals surface area contributed by atoms with Crippen LogP contribution in [0.4, 0.5) is 0 Å². The number of nitriles is 1. The molecule has 0 heterocycles. The summed E-state index contributed by atoms with van der Waals surface area (Å²) in [6.07, 6.45) is -1.78. The standard InChI is InChI=1S/C9H17NO2/c1-6(2)8(12)9(3,4)7(11)5-10/h6-8,11-12H,1-4H3/t7-,8-/m1/s1. The second-order valence-corrected chi connectivity index (χ2v) is 4.04. The summed E-state index contributed by atoms with van der Waals surface area (Å²) in [6, 6.07) is 1.74. The van der Waals surface area contributed by atoms with Crippen LogP contribution in [0, 0.1) is 22.7 Å². The number of nitrogens with zero attached hydrogens (tertiary/aromatic N) is 1. The first-order valence-corrected chi connectivity index (χ1v) is 4.09. The lowest BCUT2D eigenvalue weighted by Crippen LogP contribution is -2.42. The average Bonchev–Trinajstić information content (AvgIpc) is 2.01. The van der Waals surface area contributed by atoms with Crippen molar-refractivity contribution in [3.05, 3.63) is 0 Å². The molecule has 0 aromatic rings. The molecule has 0 saturated heterocycles. The maximum Gasteiger partial charge on any atom is 0.148 e. The minimum Gasteiger partial charge on any atom is -0.392 e. The fourth-order valence-electron chi connectivity index (χ4n) is 1.19. The van der Waals surface area contributed by atoms with Gasteiger partial charge in [-0.1, -0.05) is 27.7 Å². The van der Waals surface area contributed by atoms with E-state index in [-0.39, 0.29) is 5.92 Å². The zero-order valence-electron chi connectivity index (χ0n) is 8.07. The Morgan fingerprint density at radius 1 is 1.25 bits per heavy atom. The zero-order valence-corrected chi connectivity index (χ0v) is 8.07. The predicted octanol–water partition coefficient (Wildman–Crippen LogP) is 0.914. The topological polar surface area (TPSA) is 64.2 Å². The van der Waals surface area contributed by atoms with Crippen LogP contribution in [0.1, 0.15) is 27.7 Å². The summed E-state index contributed by atoms with van der Waals surface area (Å²) in [5.74, 6) is 0.0444. The second kappa shape index (κ2) is 3.88.